The van der Waals surface area contributed by atoms with E-state index in [4.69, 9.17) is 19.9 Å². The first-order valence-corrected chi connectivity index (χ1v) is 14.9. The van der Waals surface area contributed by atoms with Crippen LogP contribution in [-0.4, -0.2) is 21.2 Å². The van der Waals surface area contributed by atoms with E-state index in [9.17, 15) is 0 Å². The van der Waals surface area contributed by atoms with Gasteiger partial charge in [0.2, 0.25) is 0 Å². The van der Waals surface area contributed by atoms with Gasteiger partial charge in [-0.1, -0.05) is 97.1 Å². The molecule has 0 saturated carbocycles. The molecule has 0 unspecified atom stereocenters. The number of rotatable bonds is 4. The lowest BCUT2D eigenvalue weighted by Gasteiger charge is -2.20. The van der Waals surface area contributed by atoms with Crippen molar-refractivity contribution < 1.29 is 0 Å². The lowest BCUT2D eigenvalue weighted by atomic mass is 9.86. The van der Waals surface area contributed by atoms with Gasteiger partial charge in [0.25, 0.3) is 0 Å². The van der Waals surface area contributed by atoms with Crippen LogP contribution >= 0.6 is 0 Å². The van der Waals surface area contributed by atoms with Crippen molar-refractivity contribution in [2.75, 3.05) is 0 Å². The number of benzene rings is 4. The summed E-state index contributed by atoms with van der Waals surface area (Å²) in [6.45, 7) is 0. The fraction of sp³-hybridized carbons (Fsp3) is 0.158. The van der Waals surface area contributed by atoms with Gasteiger partial charge in [-0.25, -0.2) is 15.0 Å². The highest BCUT2D eigenvalue weighted by Crippen LogP contribution is 2.38. The number of hydrogen-bond acceptors (Lipinski definition) is 4. The van der Waals surface area contributed by atoms with Gasteiger partial charge < -0.3 is 0 Å². The largest absolute Gasteiger partial charge is 0.260 e. The maximum Gasteiger partial charge on any atom is 0.164 e. The van der Waals surface area contributed by atoms with Gasteiger partial charge >= 0.3 is 0 Å². The van der Waals surface area contributed by atoms with Gasteiger partial charge in [-0.2, -0.15) is 0 Å². The van der Waals surface area contributed by atoms with E-state index >= 15 is 0 Å². The Morgan fingerprint density at radius 2 is 1.33 bits per heavy atom. The highest BCUT2D eigenvalue weighted by atomic mass is 15.0. The Hall–Kier alpha value is -4.96. The standard InChI is InChI=1S/C38H30N4/c1-3-9-30-23-32(20-14-25(30)7-1)37-40-36(41-38(42-37)33-21-15-26-8-2-4-10-31(26)24-33)29-18-16-27(17-19-29)34-13-5-11-28-12-6-22-39-35(28)34/h1-3,5,7-9,11,13-14,16-20,22-24H,4,6,10,12,15,21H2. The number of hydrogen-bond donors (Lipinski definition) is 0. The zero-order chi connectivity index (χ0) is 27.9. The summed E-state index contributed by atoms with van der Waals surface area (Å²) in [5, 5.41) is 2.39. The lowest BCUT2D eigenvalue weighted by Crippen LogP contribution is -2.06. The van der Waals surface area contributed by atoms with E-state index in [1.165, 1.54) is 38.6 Å². The molecule has 4 aromatic carbocycles. The van der Waals surface area contributed by atoms with E-state index in [1.807, 2.05) is 6.21 Å². The SMILES string of the molecule is C1=CC2=C(C=C(c3nc(-c4ccc(-c5cccc6c5N=CCC6)cc4)nc(-c4ccc5ccccc5c4)n3)CC2)CC1. The molecule has 202 valence electrons. The van der Waals surface area contributed by atoms with E-state index < -0.39 is 0 Å². The number of para-hydroxylation sites is 1. The molecule has 4 heteroatoms. The summed E-state index contributed by atoms with van der Waals surface area (Å²) >= 11 is 0. The van der Waals surface area contributed by atoms with Crippen molar-refractivity contribution in [3.05, 3.63) is 126 Å². The summed E-state index contributed by atoms with van der Waals surface area (Å²) in [4.78, 5) is 19.9. The second kappa shape index (κ2) is 10.5. The van der Waals surface area contributed by atoms with Crippen molar-refractivity contribution in [1.29, 1.82) is 0 Å². The first-order chi connectivity index (χ1) is 20.8. The average molecular weight is 543 g/mol. The number of allylic oxidation sites excluding steroid dienone is 6. The Morgan fingerprint density at radius 3 is 2.24 bits per heavy atom. The van der Waals surface area contributed by atoms with Crippen LogP contribution in [0.3, 0.4) is 0 Å². The van der Waals surface area contributed by atoms with Gasteiger partial charge in [-0.3, -0.25) is 4.99 Å². The van der Waals surface area contributed by atoms with Crippen LogP contribution in [0.5, 0.6) is 0 Å². The normalized spacial score (nSPS) is 15.9. The van der Waals surface area contributed by atoms with Gasteiger partial charge in [0.05, 0.1) is 5.69 Å². The van der Waals surface area contributed by atoms with Crippen LogP contribution in [0.4, 0.5) is 5.69 Å². The molecule has 8 rings (SSSR count). The van der Waals surface area contributed by atoms with E-state index in [2.05, 4.69) is 103 Å². The molecule has 1 aromatic heterocycles. The van der Waals surface area contributed by atoms with Crippen LogP contribution in [-0.2, 0) is 6.42 Å². The Bertz CT molecular complexity index is 1980. The molecule has 4 nitrogen and oxygen atoms in total. The molecule has 2 heterocycles. The van der Waals surface area contributed by atoms with Crippen LogP contribution < -0.4 is 0 Å². The monoisotopic (exact) mass is 542 g/mol. The minimum atomic E-state index is 0.701. The molecule has 2 aliphatic carbocycles. The van der Waals surface area contributed by atoms with Crippen molar-refractivity contribution in [3.63, 3.8) is 0 Å². The zero-order valence-corrected chi connectivity index (χ0v) is 23.4. The molecule has 0 saturated heterocycles. The van der Waals surface area contributed by atoms with Crippen LogP contribution in [0.2, 0.25) is 0 Å². The van der Waals surface area contributed by atoms with E-state index in [0.29, 0.717) is 11.6 Å². The van der Waals surface area contributed by atoms with Crippen LogP contribution in [0.25, 0.3) is 50.2 Å². The third kappa shape index (κ3) is 4.59. The number of nitrogens with zero attached hydrogens (tertiary/aromatic N) is 4. The summed E-state index contributed by atoms with van der Waals surface area (Å²) in [6, 6.07) is 30.0. The molecule has 0 fully saturated rings. The summed E-state index contributed by atoms with van der Waals surface area (Å²) < 4.78 is 0. The fourth-order valence-electron chi connectivity index (χ4n) is 6.33. The Kier molecular flexibility index (Phi) is 6.18. The van der Waals surface area contributed by atoms with E-state index in [-0.39, 0.29) is 0 Å². The summed E-state index contributed by atoms with van der Waals surface area (Å²) in [5.74, 6) is 2.19. The fourth-order valence-corrected chi connectivity index (χ4v) is 6.33. The van der Waals surface area contributed by atoms with Gasteiger partial charge in [0.1, 0.15) is 0 Å². The smallest absolute Gasteiger partial charge is 0.164 e. The molecule has 3 aliphatic rings. The molecular formula is C38H30N4. The zero-order valence-electron chi connectivity index (χ0n) is 23.4. The first kappa shape index (κ1) is 24.8. The van der Waals surface area contributed by atoms with Crippen molar-refractivity contribution in [3.8, 4) is 33.9 Å². The minimum absolute atomic E-state index is 0.701. The first-order valence-electron chi connectivity index (χ1n) is 14.9. The van der Waals surface area contributed by atoms with Crippen LogP contribution in [0, 0.1) is 0 Å². The van der Waals surface area contributed by atoms with Crippen LogP contribution in [0.15, 0.2) is 119 Å². The molecule has 42 heavy (non-hydrogen) atoms. The third-order valence-corrected chi connectivity index (χ3v) is 8.59. The summed E-state index contributed by atoms with van der Waals surface area (Å²) in [6.07, 6.45) is 15.1. The van der Waals surface area contributed by atoms with Crippen molar-refractivity contribution in [2.45, 2.75) is 38.5 Å². The van der Waals surface area contributed by atoms with Crippen molar-refractivity contribution in [2.24, 2.45) is 4.99 Å². The highest BCUT2D eigenvalue weighted by Gasteiger charge is 2.20. The molecule has 0 atom stereocenters. The number of aromatic nitrogens is 3. The van der Waals surface area contributed by atoms with E-state index in [0.717, 1.165) is 66.7 Å². The Balaban J connectivity index is 1.23. The average Bonchev–Trinajstić information content (AvgIpc) is 3.07. The van der Waals surface area contributed by atoms with Crippen LogP contribution in [0.1, 0.15) is 43.5 Å². The molecule has 5 aromatic rings. The molecule has 1 aliphatic heterocycles. The predicted molar refractivity (Wildman–Crippen MR) is 173 cm³/mol. The van der Waals surface area contributed by atoms with Crippen molar-refractivity contribution in [1.82, 2.24) is 15.0 Å². The van der Waals surface area contributed by atoms with Crippen molar-refractivity contribution >= 4 is 28.2 Å². The van der Waals surface area contributed by atoms with E-state index in [1.54, 1.807) is 0 Å². The maximum atomic E-state index is 5.07. The second-order valence-corrected chi connectivity index (χ2v) is 11.3. The number of fused-ring (bicyclic) bond motifs is 2. The third-order valence-electron chi connectivity index (χ3n) is 8.59. The molecule has 0 N–H and O–H groups in total. The van der Waals surface area contributed by atoms with Gasteiger partial charge in [-0.15, -0.1) is 0 Å². The van der Waals surface area contributed by atoms with Gasteiger partial charge in [-0.05, 0) is 83.2 Å². The second-order valence-electron chi connectivity index (χ2n) is 11.3. The lowest BCUT2D eigenvalue weighted by molar-refractivity contribution is 0.882. The molecule has 0 bridgehead atoms. The molecule has 0 spiro atoms. The predicted octanol–water partition coefficient (Wildman–Crippen LogP) is 9.50. The topological polar surface area (TPSA) is 51.0 Å². The number of aliphatic imine (C=N–C) groups is 1. The molecule has 0 amide bonds. The quantitative estimate of drug-likeness (QED) is 0.227. The van der Waals surface area contributed by atoms with Gasteiger partial charge in [0, 0.05) is 22.9 Å². The Morgan fingerprint density at radius 1 is 0.548 bits per heavy atom. The molecular weight excluding hydrogens is 512 g/mol. The maximum absolute atomic E-state index is 5.07. The molecule has 0 radical (unpaired) electrons. The highest BCUT2D eigenvalue weighted by molar-refractivity contribution is 5.87. The summed E-state index contributed by atoms with van der Waals surface area (Å²) in [7, 11) is 0. The summed E-state index contributed by atoms with van der Waals surface area (Å²) in [5.41, 5.74) is 10.8. The minimum Gasteiger partial charge on any atom is -0.260 e. The number of aryl methyl sites for hydroxylation is 1. The van der Waals surface area contributed by atoms with Gasteiger partial charge in [0.15, 0.2) is 17.5 Å². The Labute approximate surface area is 245 Å².